The molecular weight excluding hydrogens is 338 g/mol. The van der Waals surface area contributed by atoms with Gasteiger partial charge in [0.25, 0.3) is 0 Å². The van der Waals surface area contributed by atoms with Crippen LogP contribution in [0.5, 0.6) is 17.2 Å². The van der Waals surface area contributed by atoms with Gasteiger partial charge in [-0.25, -0.2) is 0 Å². The zero-order chi connectivity index (χ0) is 18.6. The molecule has 138 valence electrons. The van der Waals surface area contributed by atoms with Crippen molar-refractivity contribution in [3.8, 4) is 17.2 Å². The first-order valence-electron chi connectivity index (χ1n) is 9.21. The molecule has 0 atom stereocenters. The Morgan fingerprint density at radius 3 is 2.41 bits per heavy atom. The number of fused-ring (bicyclic) bond motifs is 1. The van der Waals surface area contributed by atoms with Crippen molar-refractivity contribution < 1.29 is 14.6 Å². The first-order chi connectivity index (χ1) is 13.2. The van der Waals surface area contributed by atoms with Gasteiger partial charge in [0, 0.05) is 17.4 Å². The van der Waals surface area contributed by atoms with Crippen LogP contribution in [0.1, 0.15) is 16.7 Å². The highest BCUT2D eigenvalue weighted by atomic mass is 16.6. The van der Waals surface area contributed by atoms with Crippen molar-refractivity contribution in [2.75, 3.05) is 18.5 Å². The molecular formula is C23H23NO3. The summed E-state index contributed by atoms with van der Waals surface area (Å²) in [5.74, 6) is 1.93. The molecule has 27 heavy (non-hydrogen) atoms. The maximum atomic E-state index is 9.65. The second-order valence-corrected chi connectivity index (χ2v) is 6.80. The van der Waals surface area contributed by atoms with Crippen LogP contribution >= 0.6 is 0 Å². The molecule has 0 aromatic heterocycles. The van der Waals surface area contributed by atoms with Crippen molar-refractivity contribution in [1.82, 2.24) is 0 Å². The van der Waals surface area contributed by atoms with Crippen LogP contribution in [0.2, 0.25) is 0 Å². The minimum Gasteiger partial charge on any atom is -0.508 e. The average Bonchev–Trinajstić information content (AvgIpc) is 2.68. The molecule has 1 aliphatic heterocycles. The Balaban J connectivity index is 1.46. The standard InChI is InChI=1S/C23H23NO3/c1-16-5-6-17(13-21(16)24-19-3-2-4-20(25)15-19)7-8-18-9-10-22-23(14-18)27-12-11-26-22/h2-6,9-10,13-15,24-25H,7-8,11-12H2,1H3. The van der Waals surface area contributed by atoms with Gasteiger partial charge in [0.05, 0.1) is 0 Å². The lowest BCUT2D eigenvalue weighted by atomic mass is 10.0. The number of nitrogens with one attached hydrogen (secondary N) is 1. The van der Waals surface area contributed by atoms with Gasteiger partial charge in [0.1, 0.15) is 19.0 Å². The first kappa shape index (κ1) is 17.3. The molecule has 2 N–H and O–H groups in total. The number of phenolic OH excluding ortho intramolecular Hbond substituents is 1. The minimum absolute atomic E-state index is 0.257. The number of benzene rings is 3. The van der Waals surface area contributed by atoms with Crippen LogP contribution in [-0.2, 0) is 12.8 Å². The van der Waals surface area contributed by atoms with Crippen LogP contribution in [0, 0.1) is 6.92 Å². The predicted octanol–water partition coefficient (Wildman–Crippen LogP) is 5.00. The van der Waals surface area contributed by atoms with Gasteiger partial charge in [-0.1, -0.05) is 24.3 Å². The van der Waals surface area contributed by atoms with Crippen molar-refractivity contribution in [3.63, 3.8) is 0 Å². The third-order valence-corrected chi connectivity index (χ3v) is 4.74. The number of hydrogen-bond acceptors (Lipinski definition) is 4. The molecule has 0 saturated carbocycles. The van der Waals surface area contributed by atoms with Gasteiger partial charge in [-0.3, -0.25) is 0 Å². The average molecular weight is 361 g/mol. The fraction of sp³-hybridized carbons (Fsp3) is 0.217. The van der Waals surface area contributed by atoms with Crippen molar-refractivity contribution in [2.45, 2.75) is 19.8 Å². The van der Waals surface area contributed by atoms with Gasteiger partial charge < -0.3 is 19.9 Å². The van der Waals surface area contributed by atoms with E-state index in [2.05, 4.69) is 42.6 Å². The summed E-state index contributed by atoms with van der Waals surface area (Å²) in [7, 11) is 0. The van der Waals surface area contributed by atoms with Crippen LogP contribution in [0.3, 0.4) is 0 Å². The number of anilines is 2. The van der Waals surface area contributed by atoms with E-state index in [1.807, 2.05) is 18.2 Å². The summed E-state index contributed by atoms with van der Waals surface area (Å²) >= 11 is 0. The van der Waals surface area contributed by atoms with Gasteiger partial charge >= 0.3 is 0 Å². The summed E-state index contributed by atoms with van der Waals surface area (Å²) in [6.45, 7) is 3.30. The number of phenols is 1. The first-order valence-corrected chi connectivity index (χ1v) is 9.21. The maximum absolute atomic E-state index is 9.65. The van der Waals surface area contributed by atoms with Crippen LogP contribution in [0.25, 0.3) is 0 Å². The molecule has 0 fully saturated rings. The van der Waals surface area contributed by atoms with E-state index in [0.717, 1.165) is 35.7 Å². The molecule has 3 aromatic carbocycles. The highest BCUT2D eigenvalue weighted by Crippen LogP contribution is 2.31. The number of ether oxygens (including phenoxy) is 2. The smallest absolute Gasteiger partial charge is 0.161 e. The highest BCUT2D eigenvalue weighted by Gasteiger charge is 2.11. The molecule has 4 heteroatoms. The quantitative estimate of drug-likeness (QED) is 0.671. The van der Waals surface area contributed by atoms with E-state index in [1.54, 1.807) is 12.1 Å². The Morgan fingerprint density at radius 1 is 0.852 bits per heavy atom. The van der Waals surface area contributed by atoms with Crippen LogP contribution < -0.4 is 14.8 Å². The number of aromatic hydroxyl groups is 1. The zero-order valence-corrected chi connectivity index (χ0v) is 15.4. The van der Waals surface area contributed by atoms with Gasteiger partial charge in [-0.15, -0.1) is 0 Å². The van der Waals surface area contributed by atoms with Gasteiger partial charge in [-0.2, -0.15) is 0 Å². The lowest BCUT2D eigenvalue weighted by Crippen LogP contribution is -2.15. The van der Waals surface area contributed by atoms with E-state index in [0.29, 0.717) is 13.2 Å². The fourth-order valence-corrected chi connectivity index (χ4v) is 3.23. The summed E-state index contributed by atoms with van der Waals surface area (Å²) in [6, 6.07) is 19.8. The topological polar surface area (TPSA) is 50.7 Å². The van der Waals surface area contributed by atoms with E-state index < -0.39 is 0 Å². The summed E-state index contributed by atoms with van der Waals surface area (Å²) in [4.78, 5) is 0. The third kappa shape index (κ3) is 4.17. The summed E-state index contributed by atoms with van der Waals surface area (Å²) in [6.07, 6.45) is 1.87. The van der Waals surface area contributed by atoms with Gasteiger partial charge in [0.15, 0.2) is 11.5 Å². The summed E-state index contributed by atoms with van der Waals surface area (Å²) in [5, 5.41) is 13.0. The van der Waals surface area contributed by atoms with Crippen molar-refractivity contribution in [1.29, 1.82) is 0 Å². The van der Waals surface area contributed by atoms with Crippen LogP contribution in [0.15, 0.2) is 60.7 Å². The molecule has 0 saturated heterocycles. The Hall–Kier alpha value is -3.14. The highest BCUT2D eigenvalue weighted by molar-refractivity contribution is 5.64. The molecule has 1 aliphatic rings. The van der Waals surface area contributed by atoms with E-state index in [1.165, 1.54) is 16.7 Å². The molecule has 0 spiro atoms. The van der Waals surface area contributed by atoms with E-state index >= 15 is 0 Å². The molecule has 1 heterocycles. The number of hydrogen-bond donors (Lipinski definition) is 2. The van der Waals surface area contributed by atoms with Crippen LogP contribution in [-0.4, -0.2) is 18.3 Å². The molecule has 0 amide bonds. The predicted molar refractivity (Wildman–Crippen MR) is 107 cm³/mol. The number of rotatable bonds is 5. The molecule has 4 nitrogen and oxygen atoms in total. The normalized spacial score (nSPS) is 12.6. The zero-order valence-electron chi connectivity index (χ0n) is 15.4. The second kappa shape index (κ2) is 7.62. The van der Waals surface area contributed by atoms with Gasteiger partial charge in [0.2, 0.25) is 0 Å². The Kier molecular flexibility index (Phi) is 4.88. The van der Waals surface area contributed by atoms with E-state index in [4.69, 9.17) is 9.47 Å². The second-order valence-electron chi connectivity index (χ2n) is 6.80. The molecule has 4 rings (SSSR count). The van der Waals surface area contributed by atoms with Crippen molar-refractivity contribution in [2.24, 2.45) is 0 Å². The Labute approximate surface area is 159 Å². The van der Waals surface area contributed by atoms with Crippen LogP contribution in [0.4, 0.5) is 11.4 Å². The summed E-state index contributed by atoms with van der Waals surface area (Å²) < 4.78 is 11.3. The molecule has 3 aromatic rings. The Bertz CT molecular complexity index is 952. The SMILES string of the molecule is Cc1ccc(CCc2ccc3c(c2)OCCO3)cc1Nc1cccc(O)c1. The van der Waals surface area contributed by atoms with E-state index in [9.17, 15) is 5.11 Å². The maximum Gasteiger partial charge on any atom is 0.161 e. The lowest BCUT2D eigenvalue weighted by Gasteiger charge is -2.19. The largest absolute Gasteiger partial charge is 0.508 e. The third-order valence-electron chi connectivity index (χ3n) is 4.74. The van der Waals surface area contributed by atoms with E-state index in [-0.39, 0.29) is 5.75 Å². The number of aryl methyl sites for hydroxylation is 3. The monoisotopic (exact) mass is 361 g/mol. The summed E-state index contributed by atoms with van der Waals surface area (Å²) in [5.41, 5.74) is 5.60. The molecule has 0 bridgehead atoms. The molecule has 0 unspecified atom stereocenters. The minimum atomic E-state index is 0.257. The fourth-order valence-electron chi connectivity index (χ4n) is 3.23. The van der Waals surface area contributed by atoms with Crippen molar-refractivity contribution >= 4 is 11.4 Å². The van der Waals surface area contributed by atoms with Gasteiger partial charge in [-0.05, 0) is 66.8 Å². The Morgan fingerprint density at radius 2 is 1.59 bits per heavy atom. The lowest BCUT2D eigenvalue weighted by molar-refractivity contribution is 0.171. The molecule has 0 aliphatic carbocycles. The van der Waals surface area contributed by atoms with Crippen molar-refractivity contribution in [3.05, 3.63) is 77.4 Å². The molecule has 0 radical (unpaired) electrons.